The number of hydrogen-bond acceptors (Lipinski definition) is 5. The van der Waals surface area contributed by atoms with E-state index in [2.05, 4.69) is 4.74 Å². The molecule has 0 radical (unpaired) electrons. The van der Waals surface area contributed by atoms with Crippen molar-refractivity contribution in [2.45, 2.75) is 37.3 Å². The highest BCUT2D eigenvalue weighted by Gasteiger charge is 2.30. The Balaban J connectivity index is 1.84. The Morgan fingerprint density at radius 2 is 1.68 bits per heavy atom. The summed E-state index contributed by atoms with van der Waals surface area (Å²) in [5.41, 5.74) is 1.96. The lowest BCUT2D eigenvalue weighted by Crippen LogP contribution is -2.31. The molecule has 0 fully saturated rings. The summed E-state index contributed by atoms with van der Waals surface area (Å²) in [6.07, 6.45) is 2.12. The number of allylic oxidation sites excluding steroid dienone is 1. The molecule has 0 bridgehead atoms. The van der Waals surface area contributed by atoms with E-state index in [1.54, 1.807) is 13.0 Å². The van der Waals surface area contributed by atoms with Gasteiger partial charge in [0.15, 0.2) is 0 Å². The van der Waals surface area contributed by atoms with Crippen LogP contribution in [0.1, 0.15) is 36.1 Å². The van der Waals surface area contributed by atoms with E-state index in [0.717, 1.165) is 5.56 Å². The molecule has 7 nitrogen and oxygen atoms in total. The molecule has 168 valence electrons. The van der Waals surface area contributed by atoms with Gasteiger partial charge in [-0.3, -0.25) is 0 Å². The third-order valence-electron chi connectivity index (χ3n) is 5.24. The fourth-order valence-corrected chi connectivity index (χ4v) is 5.42. The van der Waals surface area contributed by atoms with Gasteiger partial charge in [-0.25, -0.2) is 22.0 Å². The van der Waals surface area contributed by atoms with E-state index < -0.39 is 32.7 Å². The van der Waals surface area contributed by atoms with Crippen LogP contribution >= 0.6 is 0 Å². The highest BCUT2D eigenvalue weighted by molar-refractivity contribution is 7.93. The highest BCUT2D eigenvalue weighted by Crippen LogP contribution is 2.33. The fraction of sp³-hybridized carbons (Fsp3) is 0.300. The van der Waals surface area contributed by atoms with Crippen molar-refractivity contribution in [2.24, 2.45) is 5.14 Å². The van der Waals surface area contributed by atoms with E-state index in [-0.39, 0.29) is 22.0 Å². The largest absolute Gasteiger partial charge is 0.435 e. The lowest BCUT2D eigenvalue weighted by atomic mass is 9.97. The van der Waals surface area contributed by atoms with Crippen molar-refractivity contribution in [3.8, 4) is 5.75 Å². The molecule has 0 heterocycles. The van der Waals surface area contributed by atoms with Crippen LogP contribution in [0.15, 0.2) is 52.3 Å². The van der Waals surface area contributed by atoms with Gasteiger partial charge in [-0.15, -0.1) is 0 Å². The molecule has 0 saturated heterocycles. The molecule has 1 unspecified atom stereocenters. The second kappa shape index (κ2) is 8.65. The molecule has 31 heavy (non-hydrogen) atoms. The van der Waals surface area contributed by atoms with Crippen LogP contribution in [0.5, 0.6) is 5.75 Å². The molecule has 0 amide bonds. The third kappa shape index (κ3) is 5.12. The molecular weight excluding hydrogens is 450 g/mol. The van der Waals surface area contributed by atoms with Gasteiger partial charge in [-0.05, 0) is 66.8 Å². The summed E-state index contributed by atoms with van der Waals surface area (Å²) in [7, 11) is -6.21. The first-order valence-corrected chi connectivity index (χ1v) is 12.3. The highest BCUT2D eigenvalue weighted by atomic mass is 32.2. The minimum absolute atomic E-state index is 0.0298. The van der Waals surface area contributed by atoms with Gasteiger partial charge in [0.05, 0.1) is 9.80 Å². The number of alkyl halides is 2. The number of rotatable bonds is 7. The summed E-state index contributed by atoms with van der Waals surface area (Å²) in [6, 6.07) is 9.54. The fourth-order valence-electron chi connectivity index (χ4n) is 3.36. The standard InChI is InChI=1S/C20H22F2N2O5S2/c1-13(14-4-8-18(9-5-14)30(23,25)26)24(2)31(27,28)19-10-6-15-11-17(29-20(21)22)7-3-16(15)12-19/h3-5,7-9,11-13,20H,6,10H2,1-2H3,(H2,23,25,26). The number of halogens is 2. The van der Waals surface area contributed by atoms with Gasteiger partial charge in [0.1, 0.15) is 5.75 Å². The summed E-state index contributed by atoms with van der Waals surface area (Å²) in [5, 5.41) is 5.09. The van der Waals surface area contributed by atoms with Gasteiger partial charge >= 0.3 is 6.61 Å². The van der Waals surface area contributed by atoms with E-state index in [1.165, 1.54) is 53.8 Å². The number of benzene rings is 2. The first kappa shape index (κ1) is 23.3. The number of hydrogen-bond donors (Lipinski definition) is 1. The molecule has 2 N–H and O–H groups in total. The van der Waals surface area contributed by atoms with Crippen LogP contribution in [0.4, 0.5) is 8.78 Å². The quantitative estimate of drug-likeness (QED) is 0.666. The van der Waals surface area contributed by atoms with E-state index in [0.29, 0.717) is 17.5 Å². The predicted octanol–water partition coefficient (Wildman–Crippen LogP) is 3.25. The number of nitrogens with zero attached hydrogens (tertiary/aromatic N) is 1. The van der Waals surface area contributed by atoms with Crippen molar-refractivity contribution in [3.05, 3.63) is 64.1 Å². The molecule has 2 aromatic rings. The monoisotopic (exact) mass is 472 g/mol. The molecule has 0 aromatic heterocycles. The van der Waals surface area contributed by atoms with Crippen LogP contribution in [0.3, 0.4) is 0 Å². The lowest BCUT2D eigenvalue weighted by molar-refractivity contribution is -0.0498. The predicted molar refractivity (Wildman–Crippen MR) is 112 cm³/mol. The van der Waals surface area contributed by atoms with Crippen molar-refractivity contribution in [1.29, 1.82) is 0 Å². The van der Waals surface area contributed by atoms with Gasteiger partial charge in [-0.1, -0.05) is 18.2 Å². The van der Waals surface area contributed by atoms with Gasteiger partial charge in [-0.2, -0.15) is 13.1 Å². The third-order valence-corrected chi connectivity index (χ3v) is 8.23. The zero-order valence-electron chi connectivity index (χ0n) is 16.8. The molecule has 0 saturated carbocycles. The summed E-state index contributed by atoms with van der Waals surface area (Å²) in [4.78, 5) is 0.147. The van der Waals surface area contributed by atoms with Gasteiger partial charge in [0.25, 0.3) is 0 Å². The molecule has 0 aliphatic heterocycles. The SMILES string of the molecule is CC(c1ccc(S(N)(=O)=O)cc1)N(C)S(=O)(=O)C1=Cc2ccc(OC(F)F)cc2CC1. The number of fused-ring (bicyclic) bond motifs is 1. The number of primary sulfonamides is 1. The summed E-state index contributed by atoms with van der Waals surface area (Å²) in [6.45, 7) is -1.24. The van der Waals surface area contributed by atoms with E-state index in [9.17, 15) is 25.6 Å². The Kier molecular flexibility index (Phi) is 6.51. The smallest absolute Gasteiger partial charge is 0.387 e. The van der Waals surface area contributed by atoms with Crippen LogP contribution in [0.2, 0.25) is 0 Å². The Morgan fingerprint density at radius 1 is 1.03 bits per heavy atom. The molecule has 1 aliphatic carbocycles. The minimum atomic E-state index is -3.84. The topological polar surface area (TPSA) is 107 Å². The Morgan fingerprint density at radius 3 is 2.26 bits per heavy atom. The van der Waals surface area contributed by atoms with Crippen molar-refractivity contribution in [1.82, 2.24) is 4.31 Å². The van der Waals surface area contributed by atoms with Crippen LogP contribution in [-0.2, 0) is 26.5 Å². The van der Waals surface area contributed by atoms with Crippen LogP contribution in [-0.4, -0.2) is 34.8 Å². The van der Waals surface area contributed by atoms with Crippen molar-refractivity contribution in [2.75, 3.05) is 7.05 Å². The lowest BCUT2D eigenvalue weighted by Gasteiger charge is -2.27. The number of nitrogens with two attached hydrogens (primary N) is 1. The average Bonchev–Trinajstić information content (AvgIpc) is 2.71. The van der Waals surface area contributed by atoms with Crippen LogP contribution in [0, 0.1) is 0 Å². The maximum absolute atomic E-state index is 13.2. The molecular formula is C20H22F2N2O5S2. The van der Waals surface area contributed by atoms with Crippen molar-refractivity contribution >= 4 is 26.1 Å². The summed E-state index contributed by atoms with van der Waals surface area (Å²) >= 11 is 0. The van der Waals surface area contributed by atoms with E-state index in [1.807, 2.05) is 0 Å². The Labute approximate surface area is 180 Å². The van der Waals surface area contributed by atoms with Gasteiger partial charge in [0, 0.05) is 13.1 Å². The van der Waals surface area contributed by atoms with E-state index >= 15 is 0 Å². The van der Waals surface area contributed by atoms with Crippen LogP contribution < -0.4 is 9.88 Å². The number of ether oxygens (including phenoxy) is 1. The second-order valence-electron chi connectivity index (χ2n) is 7.16. The number of aryl methyl sites for hydroxylation is 1. The summed E-state index contributed by atoms with van der Waals surface area (Å²) < 4.78 is 79.6. The zero-order valence-corrected chi connectivity index (χ0v) is 18.5. The van der Waals surface area contributed by atoms with Crippen molar-refractivity contribution in [3.63, 3.8) is 0 Å². The zero-order chi connectivity index (χ0) is 23.0. The minimum Gasteiger partial charge on any atom is -0.435 e. The maximum Gasteiger partial charge on any atom is 0.387 e. The summed E-state index contributed by atoms with van der Waals surface area (Å²) in [5.74, 6) is 0.0298. The molecule has 1 aliphatic rings. The molecule has 11 heteroatoms. The first-order chi connectivity index (χ1) is 14.4. The Bertz CT molecular complexity index is 1210. The molecule has 3 rings (SSSR count). The molecule has 2 aromatic carbocycles. The van der Waals surface area contributed by atoms with Crippen molar-refractivity contribution < 1.29 is 30.4 Å². The Hall–Kier alpha value is -2.34. The second-order valence-corrected chi connectivity index (χ2v) is 10.8. The average molecular weight is 473 g/mol. The van der Waals surface area contributed by atoms with Gasteiger partial charge in [0.2, 0.25) is 20.0 Å². The molecule has 0 spiro atoms. The van der Waals surface area contributed by atoms with Gasteiger partial charge < -0.3 is 4.74 Å². The first-order valence-electron chi connectivity index (χ1n) is 9.28. The van der Waals surface area contributed by atoms with Crippen LogP contribution in [0.25, 0.3) is 6.08 Å². The normalized spacial score (nSPS) is 15.5. The maximum atomic E-state index is 13.2. The number of sulfonamides is 2. The van der Waals surface area contributed by atoms with E-state index in [4.69, 9.17) is 5.14 Å². The molecule has 1 atom stereocenters.